The van der Waals surface area contributed by atoms with Gasteiger partial charge in [0.25, 0.3) is 0 Å². The second-order valence-corrected chi connectivity index (χ2v) is 7.69. The molecule has 3 nitrogen and oxygen atoms in total. The summed E-state index contributed by atoms with van der Waals surface area (Å²) < 4.78 is 0. The van der Waals surface area contributed by atoms with Gasteiger partial charge in [-0.05, 0) is 35.8 Å². The van der Waals surface area contributed by atoms with Gasteiger partial charge in [0.05, 0.1) is 11.8 Å². The minimum absolute atomic E-state index is 0.0389. The van der Waals surface area contributed by atoms with Gasteiger partial charge in [-0.2, -0.15) is 12.6 Å². The molecule has 4 heteroatoms. The maximum absolute atomic E-state index is 12.4. The summed E-state index contributed by atoms with van der Waals surface area (Å²) in [7, 11) is 0. The normalized spacial score (nSPS) is 32.9. The molecule has 2 fully saturated rings. The Bertz CT molecular complexity index is 364. The van der Waals surface area contributed by atoms with Crippen molar-refractivity contribution in [3.05, 3.63) is 0 Å². The van der Waals surface area contributed by atoms with Gasteiger partial charge >= 0.3 is 0 Å². The number of imide groups is 1. The van der Waals surface area contributed by atoms with Crippen LogP contribution in [0.2, 0.25) is 0 Å². The second-order valence-electron chi connectivity index (χ2n) is 7.32. The van der Waals surface area contributed by atoms with Gasteiger partial charge in [0.15, 0.2) is 0 Å². The Kier molecular flexibility index (Phi) is 4.01. The van der Waals surface area contributed by atoms with E-state index in [1.165, 1.54) is 4.90 Å². The number of hydrogen-bond donors (Lipinski definition) is 1. The quantitative estimate of drug-likeness (QED) is 0.638. The Hall–Kier alpha value is -0.510. The van der Waals surface area contributed by atoms with Crippen LogP contribution >= 0.6 is 12.6 Å². The van der Waals surface area contributed by atoms with Crippen LogP contribution in [0.4, 0.5) is 0 Å². The Morgan fingerprint density at radius 2 is 1.68 bits per heavy atom. The molecule has 108 valence electrons. The molecule has 0 aromatic rings. The van der Waals surface area contributed by atoms with Crippen molar-refractivity contribution in [2.75, 3.05) is 12.3 Å². The van der Waals surface area contributed by atoms with E-state index < -0.39 is 0 Å². The summed E-state index contributed by atoms with van der Waals surface area (Å²) in [4.78, 5) is 26.3. The maximum atomic E-state index is 12.4. The van der Waals surface area contributed by atoms with Crippen LogP contribution in [0.5, 0.6) is 0 Å². The van der Waals surface area contributed by atoms with Crippen molar-refractivity contribution >= 4 is 24.4 Å². The van der Waals surface area contributed by atoms with Gasteiger partial charge < -0.3 is 0 Å². The molecule has 0 radical (unpaired) electrons. The fourth-order valence-corrected chi connectivity index (χ4v) is 4.02. The van der Waals surface area contributed by atoms with Crippen LogP contribution in [0.15, 0.2) is 0 Å². The predicted octanol–water partition coefficient (Wildman–Crippen LogP) is 2.61. The molecule has 2 rings (SSSR count). The molecule has 2 aliphatic rings. The number of rotatable bonds is 3. The monoisotopic (exact) mass is 283 g/mol. The Morgan fingerprint density at radius 3 is 2.05 bits per heavy atom. The molecular formula is C15H25NO2S. The highest BCUT2D eigenvalue weighted by Gasteiger charge is 2.52. The van der Waals surface area contributed by atoms with Gasteiger partial charge in [-0.15, -0.1) is 0 Å². The predicted molar refractivity (Wildman–Crippen MR) is 78.9 cm³/mol. The lowest BCUT2D eigenvalue weighted by atomic mass is 9.81. The zero-order valence-electron chi connectivity index (χ0n) is 12.3. The number of thiol groups is 1. The minimum atomic E-state index is -0.0389. The van der Waals surface area contributed by atoms with E-state index >= 15 is 0 Å². The number of carbonyl (C=O) groups excluding carboxylic acids is 2. The van der Waals surface area contributed by atoms with Crippen molar-refractivity contribution in [1.82, 2.24) is 4.90 Å². The molecule has 1 saturated carbocycles. The molecule has 0 spiro atoms. The Morgan fingerprint density at radius 1 is 1.21 bits per heavy atom. The van der Waals surface area contributed by atoms with Crippen LogP contribution in [-0.2, 0) is 9.59 Å². The molecule has 0 N–H and O–H groups in total. The number of hydrogen-bond acceptors (Lipinski definition) is 3. The number of fused-ring (bicyclic) bond motifs is 1. The zero-order chi connectivity index (χ0) is 14.4. The largest absolute Gasteiger partial charge is 0.282 e. The van der Waals surface area contributed by atoms with Gasteiger partial charge in [0.2, 0.25) is 11.8 Å². The topological polar surface area (TPSA) is 37.4 Å². The van der Waals surface area contributed by atoms with Gasteiger partial charge in [0.1, 0.15) is 0 Å². The van der Waals surface area contributed by atoms with Crippen molar-refractivity contribution < 1.29 is 9.59 Å². The van der Waals surface area contributed by atoms with Crippen molar-refractivity contribution in [1.29, 1.82) is 0 Å². The number of amides is 2. The maximum Gasteiger partial charge on any atom is 0.233 e. The third-order valence-electron chi connectivity index (χ3n) is 4.81. The van der Waals surface area contributed by atoms with E-state index in [1.54, 1.807) is 0 Å². The van der Waals surface area contributed by atoms with Crippen LogP contribution in [0, 0.1) is 29.1 Å². The highest BCUT2D eigenvalue weighted by atomic mass is 32.1. The zero-order valence-corrected chi connectivity index (χ0v) is 13.2. The molecule has 0 aromatic carbocycles. The fourth-order valence-electron chi connectivity index (χ4n) is 3.35. The highest BCUT2D eigenvalue weighted by Crippen LogP contribution is 2.43. The third kappa shape index (κ3) is 2.69. The van der Waals surface area contributed by atoms with Crippen LogP contribution in [0.25, 0.3) is 0 Å². The average Bonchev–Trinajstić information content (AvgIpc) is 2.77. The lowest BCUT2D eigenvalue weighted by Gasteiger charge is -2.32. The summed E-state index contributed by atoms with van der Waals surface area (Å²) in [6, 6.07) is 0. The van der Waals surface area contributed by atoms with Crippen molar-refractivity contribution in [3.63, 3.8) is 0 Å². The minimum Gasteiger partial charge on any atom is -0.282 e. The van der Waals surface area contributed by atoms with Gasteiger partial charge in [-0.3, -0.25) is 14.5 Å². The van der Waals surface area contributed by atoms with E-state index in [4.69, 9.17) is 0 Å². The summed E-state index contributed by atoms with van der Waals surface area (Å²) in [5, 5.41) is 0. The van der Waals surface area contributed by atoms with E-state index in [2.05, 4.69) is 40.3 Å². The Balaban J connectivity index is 2.11. The first-order chi connectivity index (χ1) is 8.75. The van der Waals surface area contributed by atoms with E-state index in [1.807, 2.05) is 0 Å². The van der Waals surface area contributed by atoms with Gasteiger partial charge in [0, 0.05) is 6.54 Å². The lowest BCUT2D eigenvalue weighted by molar-refractivity contribution is -0.141. The van der Waals surface area contributed by atoms with Crippen molar-refractivity contribution in [2.45, 2.75) is 40.5 Å². The molecule has 3 atom stereocenters. The molecule has 0 aromatic heterocycles. The molecular weight excluding hydrogens is 258 g/mol. The molecule has 0 bridgehead atoms. The second kappa shape index (κ2) is 5.12. The standard InChI is InChI=1S/C15H25NO2S/c1-9-5-11-12(6-9)14(18)16(13(11)17)7-10(8-19)15(2,3)4/h9-12,19H,5-8H2,1-4H3. The van der Waals surface area contributed by atoms with Crippen LogP contribution in [-0.4, -0.2) is 29.0 Å². The summed E-state index contributed by atoms with van der Waals surface area (Å²) in [5.74, 6) is 1.51. The molecule has 19 heavy (non-hydrogen) atoms. The van der Waals surface area contributed by atoms with E-state index in [-0.39, 0.29) is 35.0 Å². The SMILES string of the molecule is CC1CC2C(=O)N(CC(CS)C(C)(C)C)C(=O)C2C1. The molecule has 1 aliphatic carbocycles. The van der Waals surface area contributed by atoms with Gasteiger partial charge in [-0.1, -0.05) is 27.7 Å². The first-order valence-corrected chi connectivity index (χ1v) is 7.85. The number of likely N-dealkylation sites (tertiary alicyclic amines) is 1. The van der Waals surface area contributed by atoms with Crippen molar-refractivity contribution in [3.8, 4) is 0 Å². The molecule has 1 saturated heterocycles. The third-order valence-corrected chi connectivity index (χ3v) is 5.25. The van der Waals surface area contributed by atoms with Gasteiger partial charge in [-0.25, -0.2) is 0 Å². The average molecular weight is 283 g/mol. The number of nitrogens with zero attached hydrogens (tertiary/aromatic N) is 1. The summed E-state index contributed by atoms with van der Waals surface area (Å²) in [6.07, 6.45) is 1.76. The van der Waals surface area contributed by atoms with E-state index in [9.17, 15) is 9.59 Å². The first kappa shape index (κ1) is 14.9. The van der Waals surface area contributed by atoms with E-state index in [0.29, 0.717) is 18.2 Å². The molecule has 1 aliphatic heterocycles. The Labute approximate surface area is 121 Å². The van der Waals surface area contributed by atoms with E-state index in [0.717, 1.165) is 12.8 Å². The molecule has 3 unspecified atom stereocenters. The summed E-state index contributed by atoms with van der Waals surface area (Å²) >= 11 is 4.39. The van der Waals surface area contributed by atoms with Crippen LogP contribution in [0.3, 0.4) is 0 Å². The van der Waals surface area contributed by atoms with Crippen LogP contribution < -0.4 is 0 Å². The summed E-state index contributed by atoms with van der Waals surface area (Å²) in [6.45, 7) is 9.09. The van der Waals surface area contributed by atoms with Crippen molar-refractivity contribution in [2.24, 2.45) is 29.1 Å². The van der Waals surface area contributed by atoms with Crippen LogP contribution in [0.1, 0.15) is 40.5 Å². The first-order valence-electron chi connectivity index (χ1n) is 7.21. The molecule has 2 amide bonds. The summed E-state index contributed by atoms with van der Waals surface area (Å²) in [5.41, 5.74) is 0.0628. The lowest BCUT2D eigenvalue weighted by Crippen LogP contribution is -2.41. The molecule has 1 heterocycles. The fraction of sp³-hybridized carbons (Fsp3) is 0.867. The number of carbonyl (C=O) groups is 2. The smallest absolute Gasteiger partial charge is 0.233 e. The highest BCUT2D eigenvalue weighted by molar-refractivity contribution is 7.80.